The van der Waals surface area contributed by atoms with Crippen molar-refractivity contribution in [3.05, 3.63) is 81.2 Å². The first-order valence-electron chi connectivity index (χ1n) is 14.8. The number of fused-ring (bicyclic) bond motifs is 8. The van der Waals surface area contributed by atoms with Gasteiger partial charge in [-0.15, -0.1) is 0 Å². The minimum absolute atomic E-state index is 0.00653. The van der Waals surface area contributed by atoms with Crippen molar-refractivity contribution < 1.29 is 29.7 Å². The number of aromatic amines is 2. The lowest BCUT2D eigenvalue weighted by molar-refractivity contribution is -0.138. The number of H-pyrrole nitrogens is 2. The zero-order valence-corrected chi connectivity index (χ0v) is 25.6. The van der Waals surface area contributed by atoms with Gasteiger partial charge in [0.25, 0.3) is 0 Å². The average molecular weight is 596 g/mol. The van der Waals surface area contributed by atoms with Crippen LogP contribution in [0.1, 0.15) is 107 Å². The van der Waals surface area contributed by atoms with Crippen molar-refractivity contribution in [2.24, 2.45) is 0 Å². The lowest BCUT2D eigenvalue weighted by Gasteiger charge is -2.19. The summed E-state index contributed by atoms with van der Waals surface area (Å²) in [7, 11) is 0. The molecule has 9 heteroatoms. The summed E-state index contributed by atoms with van der Waals surface area (Å²) in [5.74, 6) is -3.75. The number of carboxylic acids is 3. The fourth-order valence-corrected chi connectivity index (χ4v) is 6.77. The van der Waals surface area contributed by atoms with E-state index in [0.717, 1.165) is 44.6 Å². The third-order valence-electron chi connectivity index (χ3n) is 9.19. The van der Waals surface area contributed by atoms with Gasteiger partial charge in [-0.25, -0.2) is 9.78 Å². The molecule has 2 atom stereocenters. The monoisotopic (exact) mass is 595 g/mol. The lowest BCUT2D eigenvalue weighted by atomic mass is 9.85. The largest absolute Gasteiger partial charge is 0.481 e. The predicted molar refractivity (Wildman–Crippen MR) is 172 cm³/mol. The van der Waals surface area contributed by atoms with Crippen LogP contribution >= 0.6 is 0 Å². The number of carboxylic acid groups (broad SMARTS) is 3. The van der Waals surface area contributed by atoms with E-state index in [1.807, 2.05) is 58.0 Å². The SMILES string of the molecule is C=Cc1c(C)c2cc3cc(c(CC(=O)O)c4[nH]c(cc5nc(cc1[nH]2)C(C)=C5CC)c(C)c4C(=O)O)[C@@H](CCC(=O)O)[C@@H]3C. The van der Waals surface area contributed by atoms with Crippen molar-refractivity contribution in [1.82, 2.24) is 15.0 Å². The van der Waals surface area contributed by atoms with E-state index >= 15 is 0 Å². The number of aliphatic carboxylic acids is 2. The van der Waals surface area contributed by atoms with E-state index in [1.54, 1.807) is 6.92 Å². The van der Waals surface area contributed by atoms with Crippen molar-refractivity contribution in [2.75, 3.05) is 0 Å². The molecule has 1 aliphatic carbocycles. The van der Waals surface area contributed by atoms with Gasteiger partial charge in [0.2, 0.25) is 0 Å². The molecule has 0 saturated carbocycles. The van der Waals surface area contributed by atoms with Gasteiger partial charge in [0.15, 0.2) is 0 Å². The zero-order valence-electron chi connectivity index (χ0n) is 25.6. The summed E-state index contributed by atoms with van der Waals surface area (Å²) in [6.07, 6.45) is 2.24. The Labute approximate surface area is 255 Å². The van der Waals surface area contributed by atoms with Crippen LogP contribution in [0, 0.1) is 13.8 Å². The van der Waals surface area contributed by atoms with Gasteiger partial charge in [0, 0.05) is 28.5 Å². The highest BCUT2D eigenvalue weighted by molar-refractivity contribution is 6.03. The van der Waals surface area contributed by atoms with E-state index in [-0.39, 0.29) is 35.8 Å². The number of nitrogens with one attached hydrogen (secondary N) is 2. The number of aryl methyl sites for hydroxylation is 2. The molecule has 228 valence electrons. The van der Waals surface area contributed by atoms with Crippen LogP contribution in [-0.2, 0) is 16.0 Å². The highest BCUT2D eigenvalue weighted by atomic mass is 16.4. The summed E-state index contributed by atoms with van der Waals surface area (Å²) in [6, 6.07) is 7.76. The molecule has 2 aliphatic rings. The van der Waals surface area contributed by atoms with Crippen molar-refractivity contribution >= 4 is 57.2 Å². The first-order chi connectivity index (χ1) is 20.9. The Hall–Kier alpha value is -4.92. The first kappa shape index (κ1) is 30.5. The van der Waals surface area contributed by atoms with Gasteiger partial charge in [0.05, 0.1) is 28.9 Å². The second-order valence-electron chi connectivity index (χ2n) is 11.7. The molecule has 5 N–H and O–H groups in total. The summed E-state index contributed by atoms with van der Waals surface area (Å²) in [4.78, 5) is 48.4. The molecule has 0 amide bonds. The average Bonchev–Trinajstić information content (AvgIpc) is 3.63. The molecular weight excluding hydrogens is 558 g/mol. The quantitative estimate of drug-likeness (QED) is 0.179. The molecule has 0 radical (unpaired) electrons. The number of hydrogen-bond acceptors (Lipinski definition) is 4. The standard InChI is InChI=1S/C35H37N3O6/c1-7-21-17(4)26-12-20-11-24(23(16(20)3)9-10-31(39)40)25(13-32(41)42)34-33(35(43)44)19(6)28(38-34)15-30-22(8-2)18(5)27(37-30)14-29(21)36-26/h7,11-12,14-16,23,36,38H,1,8-10,13H2,2-6H3,(H,39,40)(H,41,42)(H,43,44)/t16-,23+/m1/s1. The summed E-state index contributed by atoms with van der Waals surface area (Å²) < 4.78 is 0. The Bertz CT molecular complexity index is 1940. The molecule has 3 aromatic heterocycles. The van der Waals surface area contributed by atoms with Crippen LogP contribution in [0.4, 0.5) is 0 Å². The van der Waals surface area contributed by atoms with E-state index in [9.17, 15) is 29.7 Å². The van der Waals surface area contributed by atoms with E-state index in [1.165, 1.54) is 0 Å². The van der Waals surface area contributed by atoms with Crippen LogP contribution in [0.25, 0.3) is 39.3 Å². The zero-order chi connectivity index (χ0) is 32.0. The number of nitrogens with zero attached hydrogens (tertiary/aromatic N) is 1. The number of carbonyl (C=O) groups is 3. The van der Waals surface area contributed by atoms with Crippen LogP contribution < -0.4 is 0 Å². The van der Waals surface area contributed by atoms with Gasteiger partial charge in [-0.05, 0) is 103 Å². The van der Waals surface area contributed by atoms with Crippen molar-refractivity contribution in [3.63, 3.8) is 0 Å². The maximum Gasteiger partial charge on any atom is 0.338 e. The smallest absolute Gasteiger partial charge is 0.338 e. The third-order valence-corrected chi connectivity index (χ3v) is 9.19. The van der Waals surface area contributed by atoms with Crippen LogP contribution in [0.5, 0.6) is 0 Å². The molecule has 44 heavy (non-hydrogen) atoms. The highest BCUT2D eigenvalue weighted by Crippen LogP contribution is 2.45. The second kappa shape index (κ2) is 11.6. The predicted octanol–water partition coefficient (Wildman–Crippen LogP) is 7.60. The maximum absolute atomic E-state index is 12.7. The normalized spacial score (nSPS) is 16.3. The molecule has 9 nitrogen and oxygen atoms in total. The third kappa shape index (κ3) is 5.23. The minimum Gasteiger partial charge on any atom is -0.481 e. The van der Waals surface area contributed by atoms with Gasteiger partial charge in [-0.1, -0.05) is 32.6 Å². The molecule has 8 bridgehead atoms. The Morgan fingerprint density at radius 3 is 2.23 bits per heavy atom. The summed E-state index contributed by atoms with van der Waals surface area (Å²) in [6.45, 7) is 13.8. The first-order valence-corrected chi connectivity index (χ1v) is 14.8. The molecule has 1 aliphatic heterocycles. The van der Waals surface area contributed by atoms with Gasteiger partial charge in [0.1, 0.15) is 0 Å². The van der Waals surface area contributed by atoms with Crippen LogP contribution in [0.3, 0.4) is 0 Å². The second-order valence-corrected chi connectivity index (χ2v) is 11.7. The molecule has 0 unspecified atom stereocenters. The fourth-order valence-electron chi connectivity index (χ4n) is 6.77. The van der Waals surface area contributed by atoms with Crippen LogP contribution in [-0.4, -0.2) is 48.2 Å². The van der Waals surface area contributed by atoms with E-state index in [4.69, 9.17) is 4.98 Å². The van der Waals surface area contributed by atoms with Gasteiger partial charge in [-0.3, -0.25) is 9.59 Å². The molecule has 3 aromatic rings. The number of aromatic carboxylic acids is 1. The number of hydrogen-bond donors (Lipinski definition) is 5. The van der Waals surface area contributed by atoms with Crippen molar-refractivity contribution in [1.29, 1.82) is 0 Å². The van der Waals surface area contributed by atoms with Gasteiger partial charge < -0.3 is 25.3 Å². The van der Waals surface area contributed by atoms with Gasteiger partial charge in [-0.2, -0.15) is 0 Å². The number of aromatic nitrogens is 3. The molecule has 0 fully saturated rings. The Balaban J connectivity index is 2.04. The number of rotatable bonds is 8. The molecule has 5 rings (SSSR count). The van der Waals surface area contributed by atoms with E-state index < -0.39 is 24.3 Å². The highest BCUT2D eigenvalue weighted by Gasteiger charge is 2.32. The Morgan fingerprint density at radius 1 is 0.932 bits per heavy atom. The van der Waals surface area contributed by atoms with E-state index in [2.05, 4.69) is 16.5 Å². The molecular formula is C35H37N3O6. The summed E-state index contributed by atoms with van der Waals surface area (Å²) in [5.41, 5.74) is 10.2. The lowest BCUT2D eigenvalue weighted by Crippen LogP contribution is -2.11. The minimum atomic E-state index is -1.18. The topological polar surface area (TPSA) is 156 Å². The number of allylic oxidation sites excluding steroid dienone is 2. The van der Waals surface area contributed by atoms with E-state index in [0.29, 0.717) is 34.3 Å². The van der Waals surface area contributed by atoms with Crippen molar-refractivity contribution in [3.8, 4) is 0 Å². The summed E-state index contributed by atoms with van der Waals surface area (Å²) in [5, 5.41) is 30.0. The van der Waals surface area contributed by atoms with Crippen LogP contribution in [0.2, 0.25) is 0 Å². The van der Waals surface area contributed by atoms with Crippen molar-refractivity contribution in [2.45, 2.75) is 72.1 Å². The Kier molecular flexibility index (Phi) is 8.07. The van der Waals surface area contributed by atoms with Gasteiger partial charge >= 0.3 is 17.9 Å². The molecule has 0 spiro atoms. The molecule has 0 saturated heterocycles. The molecule has 0 aromatic carbocycles. The van der Waals surface area contributed by atoms with Crippen LogP contribution in [0.15, 0.2) is 30.8 Å². The summed E-state index contributed by atoms with van der Waals surface area (Å²) >= 11 is 0. The fraction of sp³-hybridized carbons (Fsp3) is 0.314. The maximum atomic E-state index is 12.7. The Morgan fingerprint density at radius 2 is 1.61 bits per heavy atom. The molecule has 4 heterocycles.